The van der Waals surface area contributed by atoms with E-state index in [1.165, 1.54) is 6.21 Å². The van der Waals surface area contributed by atoms with Crippen LogP contribution in [0.15, 0.2) is 53.3 Å². The number of allylic oxidation sites excluding steroid dienone is 1. The van der Waals surface area contributed by atoms with Crippen LogP contribution in [0.5, 0.6) is 0 Å². The minimum atomic E-state index is -0.243. The van der Waals surface area contributed by atoms with E-state index in [-0.39, 0.29) is 23.1 Å². The molecule has 5 heteroatoms. The van der Waals surface area contributed by atoms with Crippen molar-refractivity contribution in [3.63, 3.8) is 0 Å². The van der Waals surface area contributed by atoms with E-state index in [9.17, 15) is 9.90 Å². The molecule has 0 unspecified atom stereocenters. The van der Waals surface area contributed by atoms with E-state index in [2.05, 4.69) is 15.0 Å². The molecule has 0 amide bonds. The Morgan fingerprint density at radius 3 is 2.42 bits per heavy atom. The lowest BCUT2D eigenvalue weighted by Crippen LogP contribution is -1.99. The first-order valence-electron chi connectivity index (χ1n) is 5.66. The first-order chi connectivity index (χ1) is 9.27. The Morgan fingerprint density at radius 1 is 1.05 bits per heavy atom. The average Bonchev–Trinajstić information content (AvgIpc) is 2.71. The maximum Gasteiger partial charge on any atom is 0.249 e. The van der Waals surface area contributed by atoms with Crippen LogP contribution in [0.3, 0.4) is 0 Å². The highest BCUT2D eigenvalue weighted by atomic mass is 16.3. The Morgan fingerprint density at radius 2 is 1.74 bits per heavy atom. The van der Waals surface area contributed by atoms with E-state index in [1.54, 1.807) is 42.7 Å². The molecule has 0 atom stereocenters. The standard InChI is InChI=1S/C14H9N3O2/c18-12-9-4-1-2-5-10(9)13(19)11(12)8-17-14-15-6-3-7-16-14/h1-8,18H/b17-8+. The molecule has 0 saturated carbocycles. The van der Waals surface area contributed by atoms with Gasteiger partial charge < -0.3 is 5.11 Å². The molecule has 1 N–H and O–H groups in total. The van der Waals surface area contributed by atoms with Crippen LogP contribution >= 0.6 is 0 Å². The van der Waals surface area contributed by atoms with Crippen molar-refractivity contribution < 1.29 is 9.90 Å². The summed E-state index contributed by atoms with van der Waals surface area (Å²) < 4.78 is 0. The van der Waals surface area contributed by atoms with Crippen LogP contribution in [0.2, 0.25) is 0 Å². The molecule has 19 heavy (non-hydrogen) atoms. The van der Waals surface area contributed by atoms with E-state index in [1.807, 2.05) is 0 Å². The third-order valence-electron chi connectivity index (χ3n) is 2.79. The number of Topliss-reactive ketones (excluding diaryl/α,β-unsaturated/α-hetero) is 1. The zero-order valence-electron chi connectivity index (χ0n) is 9.82. The summed E-state index contributed by atoms with van der Waals surface area (Å²) in [5, 5.41) is 10.0. The summed E-state index contributed by atoms with van der Waals surface area (Å²) in [6.07, 6.45) is 4.41. The summed E-state index contributed by atoms with van der Waals surface area (Å²) in [4.78, 5) is 23.9. The molecule has 1 heterocycles. The first-order valence-corrected chi connectivity index (χ1v) is 5.66. The molecule has 1 aliphatic rings. The van der Waals surface area contributed by atoms with Gasteiger partial charge in [-0.1, -0.05) is 24.3 Å². The second-order valence-electron chi connectivity index (χ2n) is 3.94. The molecule has 92 valence electrons. The zero-order valence-corrected chi connectivity index (χ0v) is 9.82. The maximum atomic E-state index is 12.1. The molecule has 1 aromatic carbocycles. The van der Waals surface area contributed by atoms with Crippen LogP contribution < -0.4 is 0 Å². The fourth-order valence-electron chi connectivity index (χ4n) is 1.89. The van der Waals surface area contributed by atoms with Gasteiger partial charge in [-0.25, -0.2) is 15.0 Å². The normalized spacial score (nSPS) is 14.2. The van der Waals surface area contributed by atoms with E-state index < -0.39 is 0 Å². The molecule has 3 rings (SSSR count). The molecule has 1 aromatic heterocycles. The largest absolute Gasteiger partial charge is 0.506 e. The second kappa shape index (κ2) is 4.45. The third-order valence-corrected chi connectivity index (χ3v) is 2.79. The Balaban J connectivity index is 1.98. The van der Waals surface area contributed by atoms with Crippen molar-refractivity contribution in [3.05, 3.63) is 59.4 Å². The molecule has 0 radical (unpaired) electrons. The Labute approximate surface area is 109 Å². The van der Waals surface area contributed by atoms with Crippen LogP contribution in [0.1, 0.15) is 15.9 Å². The molecule has 5 nitrogen and oxygen atoms in total. The van der Waals surface area contributed by atoms with Crippen LogP contribution in [-0.2, 0) is 0 Å². The summed E-state index contributed by atoms with van der Waals surface area (Å²) in [5.41, 5.74) is 1.17. The number of aliphatic hydroxyl groups is 1. The van der Waals surface area contributed by atoms with Crippen molar-refractivity contribution in [2.45, 2.75) is 0 Å². The number of carbonyl (C=O) groups excluding carboxylic acids is 1. The number of aliphatic hydroxyl groups excluding tert-OH is 1. The van der Waals surface area contributed by atoms with Gasteiger partial charge in [0.05, 0.1) is 5.57 Å². The highest BCUT2D eigenvalue weighted by Crippen LogP contribution is 2.29. The van der Waals surface area contributed by atoms with Crippen LogP contribution in [0, 0.1) is 0 Å². The third kappa shape index (κ3) is 1.91. The fraction of sp³-hybridized carbons (Fsp3) is 0. The predicted octanol–water partition coefficient (Wildman–Crippen LogP) is 2.34. The minimum Gasteiger partial charge on any atom is -0.506 e. The SMILES string of the molecule is O=C1C(/C=N/c2ncccn2)=C(O)c2ccccc21. The summed E-state index contributed by atoms with van der Waals surface area (Å²) in [6.45, 7) is 0. The molecule has 0 saturated heterocycles. The van der Waals surface area contributed by atoms with Crippen LogP contribution in [0.4, 0.5) is 5.95 Å². The number of rotatable bonds is 2. The van der Waals surface area contributed by atoms with E-state index in [0.29, 0.717) is 11.1 Å². The molecule has 0 bridgehead atoms. The molecule has 2 aromatic rings. The Kier molecular flexibility index (Phi) is 2.64. The minimum absolute atomic E-state index is 0.0553. The van der Waals surface area contributed by atoms with Gasteiger partial charge in [0.25, 0.3) is 0 Å². The molecule has 0 fully saturated rings. The summed E-state index contributed by atoms with van der Waals surface area (Å²) >= 11 is 0. The number of hydrogen-bond donors (Lipinski definition) is 1. The first kappa shape index (κ1) is 11.3. The highest BCUT2D eigenvalue weighted by molar-refractivity contribution is 6.30. The predicted molar refractivity (Wildman–Crippen MR) is 70.5 cm³/mol. The Hall–Kier alpha value is -2.82. The van der Waals surface area contributed by atoms with E-state index in [4.69, 9.17) is 0 Å². The monoisotopic (exact) mass is 251 g/mol. The van der Waals surface area contributed by atoms with Gasteiger partial charge in [-0.3, -0.25) is 4.79 Å². The van der Waals surface area contributed by atoms with Crippen molar-refractivity contribution in [1.82, 2.24) is 9.97 Å². The summed E-state index contributed by atoms with van der Waals surface area (Å²) in [7, 11) is 0. The number of ketones is 1. The van der Waals surface area contributed by atoms with Crippen molar-refractivity contribution in [2.75, 3.05) is 0 Å². The van der Waals surface area contributed by atoms with Gasteiger partial charge in [-0.2, -0.15) is 0 Å². The number of aromatic nitrogens is 2. The summed E-state index contributed by atoms with van der Waals surface area (Å²) in [5.74, 6) is -0.0559. The number of benzene rings is 1. The number of carbonyl (C=O) groups is 1. The van der Waals surface area contributed by atoms with Crippen LogP contribution in [0.25, 0.3) is 5.76 Å². The van der Waals surface area contributed by atoms with Crippen molar-refractivity contribution >= 4 is 23.7 Å². The molecule has 0 aliphatic heterocycles. The van der Waals surface area contributed by atoms with Crippen LogP contribution in [-0.4, -0.2) is 27.1 Å². The molecular weight excluding hydrogens is 242 g/mol. The van der Waals surface area contributed by atoms with Crippen molar-refractivity contribution in [3.8, 4) is 0 Å². The lowest BCUT2D eigenvalue weighted by molar-refractivity contribution is 0.104. The number of fused-ring (bicyclic) bond motifs is 1. The van der Waals surface area contributed by atoms with Gasteiger partial charge in [-0.15, -0.1) is 0 Å². The van der Waals surface area contributed by atoms with Gasteiger partial charge in [0, 0.05) is 29.7 Å². The van der Waals surface area contributed by atoms with Crippen molar-refractivity contribution in [1.29, 1.82) is 0 Å². The van der Waals surface area contributed by atoms with Gasteiger partial charge >= 0.3 is 0 Å². The second-order valence-corrected chi connectivity index (χ2v) is 3.94. The number of nitrogens with zero attached hydrogens (tertiary/aromatic N) is 3. The maximum absolute atomic E-state index is 12.1. The lowest BCUT2D eigenvalue weighted by atomic mass is 10.1. The topological polar surface area (TPSA) is 75.4 Å². The summed E-state index contributed by atoms with van der Waals surface area (Å²) in [6, 6.07) is 8.57. The number of aliphatic imine (C=N–C) groups is 1. The quantitative estimate of drug-likeness (QED) is 0.831. The van der Waals surface area contributed by atoms with E-state index >= 15 is 0 Å². The number of hydrogen-bond acceptors (Lipinski definition) is 5. The highest BCUT2D eigenvalue weighted by Gasteiger charge is 2.27. The van der Waals surface area contributed by atoms with Crippen molar-refractivity contribution in [2.24, 2.45) is 4.99 Å². The molecule has 1 aliphatic carbocycles. The molecular formula is C14H9N3O2. The van der Waals surface area contributed by atoms with E-state index in [0.717, 1.165) is 0 Å². The lowest BCUT2D eigenvalue weighted by Gasteiger charge is -1.95. The van der Waals surface area contributed by atoms with Gasteiger partial charge in [-0.05, 0) is 6.07 Å². The van der Waals surface area contributed by atoms with Gasteiger partial charge in [0.2, 0.25) is 5.95 Å². The Bertz CT molecular complexity index is 706. The van der Waals surface area contributed by atoms with Gasteiger partial charge in [0.1, 0.15) is 5.76 Å². The average molecular weight is 251 g/mol. The molecule has 0 spiro atoms. The fourth-order valence-corrected chi connectivity index (χ4v) is 1.89. The smallest absolute Gasteiger partial charge is 0.249 e. The zero-order chi connectivity index (χ0) is 13.2. The van der Waals surface area contributed by atoms with Gasteiger partial charge in [0.15, 0.2) is 5.78 Å².